The monoisotopic (exact) mass is 302 g/mol. The second-order valence-corrected chi connectivity index (χ2v) is 5.98. The van der Waals surface area contributed by atoms with Gasteiger partial charge in [-0.1, -0.05) is 0 Å². The summed E-state index contributed by atoms with van der Waals surface area (Å²) >= 11 is 0. The first-order valence-corrected chi connectivity index (χ1v) is 7.68. The van der Waals surface area contributed by atoms with Crippen LogP contribution in [-0.4, -0.2) is 45.2 Å². The minimum absolute atomic E-state index is 0.0964. The van der Waals surface area contributed by atoms with Gasteiger partial charge in [-0.3, -0.25) is 15.0 Å². The van der Waals surface area contributed by atoms with Gasteiger partial charge in [0, 0.05) is 38.4 Å². The summed E-state index contributed by atoms with van der Waals surface area (Å²) in [6.07, 6.45) is 2.64. The topological polar surface area (TPSA) is 73.4 Å². The number of nitro groups is 1. The molecule has 0 radical (unpaired) electrons. The van der Waals surface area contributed by atoms with Crippen LogP contribution in [0, 0.1) is 10.1 Å². The highest BCUT2D eigenvalue weighted by Crippen LogP contribution is 2.25. The van der Waals surface area contributed by atoms with E-state index in [1.54, 1.807) is 18.2 Å². The summed E-state index contributed by atoms with van der Waals surface area (Å²) in [4.78, 5) is 17.5. The summed E-state index contributed by atoms with van der Waals surface area (Å²) in [6, 6.07) is 4.92. The molecule has 7 nitrogen and oxygen atoms in total. The SMILES string of the molecule is O=[N+]([O-])c1ccc2c(c1)nc1n2CCN(C[C@@H]2CCCO2)C1. The standard InChI is InChI=1S/C15H18N4O3/c20-19(21)11-3-4-14-13(8-11)16-15-10-17(5-6-18(14)15)9-12-2-1-7-22-12/h3-4,8,12H,1-2,5-7,9-10H2/t12-/m0/s1. The van der Waals surface area contributed by atoms with Crippen LogP contribution in [0.1, 0.15) is 18.7 Å². The van der Waals surface area contributed by atoms with Crippen LogP contribution in [0.3, 0.4) is 0 Å². The Bertz CT molecular complexity index is 721. The van der Waals surface area contributed by atoms with Crippen LogP contribution < -0.4 is 0 Å². The number of ether oxygens (including phenoxy) is 1. The van der Waals surface area contributed by atoms with Crippen LogP contribution in [0.25, 0.3) is 11.0 Å². The Labute approximate surface area is 127 Å². The summed E-state index contributed by atoms with van der Waals surface area (Å²) in [7, 11) is 0. The predicted octanol–water partition coefficient (Wildman–Crippen LogP) is 1.94. The van der Waals surface area contributed by atoms with E-state index in [2.05, 4.69) is 14.5 Å². The zero-order valence-electron chi connectivity index (χ0n) is 12.3. The van der Waals surface area contributed by atoms with Gasteiger partial charge in [0.1, 0.15) is 5.82 Å². The maximum absolute atomic E-state index is 10.9. The molecule has 1 atom stereocenters. The number of rotatable bonds is 3. The number of benzene rings is 1. The van der Waals surface area contributed by atoms with Gasteiger partial charge in [0.15, 0.2) is 0 Å². The lowest BCUT2D eigenvalue weighted by Crippen LogP contribution is -2.38. The molecule has 2 aliphatic heterocycles. The highest BCUT2D eigenvalue weighted by molar-refractivity contribution is 5.78. The third-order valence-corrected chi connectivity index (χ3v) is 4.51. The molecule has 2 aliphatic rings. The van der Waals surface area contributed by atoms with Gasteiger partial charge >= 0.3 is 0 Å². The van der Waals surface area contributed by atoms with E-state index in [-0.39, 0.29) is 10.6 Å². The molecule has 3 heterocycles. The first-order chi connectivity index (χ1) is 10.7. The van der Waals surface area contributed by atoms with Crippen LogP contribution in [-0.2, 0) is 17.8 Å². The molecule has 1 aromatic carbocycles. The molecule has 116 valence electrons. The van der Waals surface area contributed by atoms with Gasteiger partial charge in [0.2, 0.25) is 0 Å². The number of nitro benzene ring substituents is 1. The van der Waals surface area contributed by atoms with Gasteiger partial charge in [0.25, 0.3) is 5.69 Å². The molecule has 0 unspecified atom stereocenters. The van der Waals surface area contributed by atoms with E-state index in [1.165, 1.54) is 0 Å². The maximum atomic E-state index is 10.9. The molecule has 1 fully saturated rings. The van der Waals surface area contributed by atoms with Crippen LogP contribution in [0.5, 0.6) is 0 Å². The molecule has 0 aliphatic carbocycles. The molecular weight excluding hydrogens is 284 g/mol. The molecule has 2 aromatic rings. The smallest absolute Gasteiger partial charge is 0.271 e. The van der Waals surface area contributed by atoms with E-state index in [0.29, 0.717) is 11.6 Å². The van der Waals surface area contributed by atoms with Crippen molar-refractivity contribution in [3.63, 3.8) is 0 Å². The van der Waals surface area contributed by atoms with Crippen molar-refractivity contribution in [3.05, 3.63) is 34.1 Å². The van der Waals surface area contributed by atoms with Crippen molar-refractivity contribution < 1.29 is 9.66 Å². The van der Waals surface area contributed by atoms with Gasteiger partial charge < -0.3 is 9.30 Å². The number of hydrogen-bond donors (Lipinski definition) is 0. The van der Waals surface area contributed by atoms with Gasteiger partial charge in [-0.15, -0.1) is 0 Å². The van der Waals surface area contributed by atoms with Crippen molar-refractivity contribution in [1.29, 1.82) is 0 Å². The Balaban J connectivity index is 1.58. The zero-order chi connectivity index (χ0) is 15.1. The largest absolute Gasteiger partial charge is 0.377 e. The average Bonchev–Trinajstić information content (AvgIpc) is 3.13. The van der Waals surface area contributed by atoms with E-state index < -0.39 is 0 Å². The van der Waals surface area contributed by atoms with Crippen LogP contribution in [0.4, 0.5) is 5.69 Å². The molecular formula is C15H18N4O3. The molecule has 1 aromatic heterocycles. The molecule has 1 saturated heterocycles. The zero-order valence-corrected chi connectivity index (χ0v) is 12.3. The third kappa shape index (κ3) is 2.36. The molecule has 0 spiro atoms. The summed E-state index contributed by atoms with van der Waals surface area (Å²) in [5, 5.41) is 10.9. The van der Waals surface area contributed by atoms with Crippen molar-refractivity contribution in [3.8, 4) is 0 Å². The van der Waals surface area contributed by atoms with Gasteiger partial charge in [0.05, 0.1) is 28.6 Å². The highest BCUT2D eigenvalue weighted by Gasteiger charge is 2.25. The van der Waals surface area contributed by atoms with Crippen molar-refractivity contribution >= 4 is 16.7 Å². The second-order valence-electron chi connectivity index (χ2n) is 5.98. The summed E-state index contributed by atoms with van der Waals surface area (Å²) in [5.74, 6) is 0.986. The first-order valence-electron chi connectivity index (χ1n) is 7.68. The predicted molar refractivity (Wildman–Crippen MR) is 80.6 cm³/mol. The Morgan fingerprint density at radius 3 is 3.09 bits per heavy atom. The maximum Gasteiger partial charge on any atom is 0.271 e. The highest BCUT2D eigenvalue weighted by atomic mass is 16.6. The Kier molecular flexibility index (Phi) is 3.31. The van der Waals surface area contributed by atoms with E-state index in [4.69, 9.17) is 4.74 Å². The number of fused-ring (bicyclic) bond motifs is 3. The number of nitrogens with zero attached hydrogens (tertiary/aromatic N) is 4. The lowest BCUT2D eigenvalue weighted by molar-refractivity contribution is -0.384. The molecule has 4 rings (SSSR count). The quantitative estimate of drug-likeness (QED) is 0.640. The lowest BCUT2D eigenvalue weighted by atomic mass is 10.2. The molecule has 7 heteroatoms. The van der Waals surface area contributed by atoms with E-state index in [1.807, 2.05) is 0 Å². The number of hydrogen-bond acceptors (Lipinski definition) is 5. The Hall–Kier alpha value is -1.99. The summed E-state index contributed by atoms with van der Waals surface area (Å²) in [5.41, 5.74) is 1.79. The van der Waals surface area contributed by atoms with Crippen molar-refractivity contribution in [2.75, 3.05) is 19.7 Å². The van der Waals surface area contributed by atoms with Crippen molar-refractivity contribution in [2.45, 2.75) is 32.0 Å². The Morgan fingerprint density at radius 2 is 2.32 bits per heavy atom. The minimum atomic E-state index is -0.374. The van der Waals surface area contributed by atoms with E-state index in [9.17, 15) is 10.1 Å². The summed E-state index contributed by atoms with van der Waals surface area (Å²) in [6.45, 7) is 4.44. The molecule has 22 heavy (non-hydrogen) atoms. The first kappa shape index (κ1) is 13.7. The van der Waals surface area contributed by atoms with Crippen molar-refractivity contribution in [2.24, 2.45) is 0 Å². The van der Waals surface area contributed by atoms with Crippen LogP contribution in [0.2, 0.25) is 0 Å². The molecule has 0 saturated carbocycles. The molecule has 0 N–H and O–H groups in total. The fourth-order valence-corrected chi connectivity index (χ4v) is 3.40. The fourth-order valence-electron chi connectivity index (χ4n) is 3.40. The third-order valence-electron chi connectivity index (χ3n) is 4.51. The normalized spacial score (nSPS) is 22.1. The lowest BCUT2D eigenvalue weighted by Gasteiger charge is -2.29. The van der Waals surface area contributed by atoms with Crippen LogP contribution in [0.15, 0.2) is 18.2 Å². The van der Waals surface area contributed by atoms with E-state index in [0.717, 1.165) is 57.0 Å². The van der Waals surface area contributed by atoms with Gasteiger partial charge in [-0.2, -0.15) is 0 Å². The van der Waals surface area contributed by atoms with E-state index >= 15 is 0 Å². The second kappa shape index (κ2) is 5.33. The van der Waals surface area contributed by atoms with Crippen LogP contribution >= 0.6 is 0 Å². The van der Waals surface area contributed by atoms with Crippen molar-refractivity contribution in [1.82, 2.24) is 14.5 Å². The number of imidazole rings is 1. The minimum Gasteiger partial charge on any atom is -0.377 e. The van der Waals surface area contributed by atoms with Gasteiger partial charge in [-0.25, -0.2) is 4.98 Å². The number of aromatic nitrogens is 2. The molecule has 0 amide bonds. The molecule has 0 bridgehead atoms. The fraction of sp³-hybridized carbons (Fsp3) is 0.533. The van der Waals surface area contributed by atoms with Gasteiger partial charge in [-0.05, 0) is 18.9 Å². The average molecular weight is 302 g/mol. The summed E-state index contributed by atoms with van der Waals surface area (Å²) < 4.78 is 7.87. The number of non-ortho nitro benzene ring substituents is 1. The Morgan fingerprint density at radius 1 is 1.41 bits per heavy atom.